The van der Waals surface area contributed by atoms with Gasteiger partial charge < -0.3 is 19.3 Å². The van der Waals surface area contributed by atoms with E-state index < -0.39 is 0 Å². The molecule has 150 valence electrons. The molecule has 7 heteroatoms. The van der Waals surface area contributed by atoms with Gasteiger partial charge in [0.2, 0.25) is 0 Å². The molecule has 1 aliphatic rings. The normalized spacial score (nSPS) is 14.0. The standard InChI is InChI=1S/C22H24N4O3/c1-28-19-12-18(13-20(14-19)29-2)24-8-10-25(11-9-24)22(27)21-15-23-16-26(21)17-6-4-3-5-7-17/h3-7,12-16H,8-11H2,1-2H3. The number of imidazole rings is 1. The maximum absolute atomic E-state index is 13.1. The van der Waals surface area contributed by atoms with E-state index in [0.717, 1.165) is 36.0 Å². The monoisotopic (exact) mass is 392 g/mol. The van der Waals surface area contributed by atoms with Gasteiger partial charge in [-0.3, -0.25) is 9.36 Å². The van der Waals surface area contributed by atoms with Crippen LogP contribution in [-0.2, 0) is 0 Å². The van der Waals surface area contributed by atoms with E-state index in [-0.39, 0.29) is 5.91 Å². The molecule has 29 heavy (non-hydrogen) atoms. The zero-order valence-electron chi connectivity index (χ0n) is 16.6. The highest BCUT2D eigenvalue weighted by molar-refractivity contribution is 5.93. The summed E-state index contributed by atoms with van der Waals surface area (Å²) in [5.41, 5.74) is 2.53. The van der Waals surface area contributed by atoms with Crippen LogP contribution in [0.25, 0.3) is 5.69 Å². The first-order valence-corrected chi connectivity index (χ1v) is 9.54. The van der Waals surface area contributed by atoms with Gasteiger partial charge >= 0.3 is 0 Å². The van der Waals surface area contributed by atoms with Gasteiger partial charge in [-0.15, -0.1) is 0 Å². The summed E-state index contributed by atoms with van der Waals surface area (Å²) in [4.78, 5) is 21.4. The summed E-state index contributed by atoms with van der Waals surface area (Å²) >= 11 is 0. The highest BCUT2D eigenvalue weighted by Crippen LogP contribution is 2.29. The summed E-state index contributed by atoms with van der Waals surface area (Å²) in [6.07, 6.45) is 3.32. The van der Waals surface area contributed by atoms with Crippen molar-refractivity contribution in [1.29, 1.82) is 0 Å². The van der Waals surface area contributed by atoms with Crippen LogP contribution in [0.15, 0.2) is 61.1 Å². The lowest BCUT2D eigenvalue weighted by Crippen LogP contribution is -2.49. The minimum absolute atomic E-state index is 0.00535. The molecule has 1 aliphatic heterocycles. The molecular weight excluding hydrogens is 368 g/mol. The first-order valence-electron chi connectivity index (χ1n) is 9.54. The highest BCUT2D eigenvalue weighted by Gasteiger charge is 2.25. The Morgan fingerprint density at radius 1 is 0.897 bits per heavy atom. The van der Waals surface area contributed by atoms with Crippen LogP contribution in [0.2, 0.25) is 0 Å². The third kappa shape index (κ3) is 3.89. The number of rotatable bonds is 5. The number of amides is 1. The van der Waals surface area contributed by atoms with Crippen LogP contribution in [0.1, 0.15) is 10.5 Å². The van der Waals surface area contributed by atoms with Crippen molar-refractivity contribution in [3.63, 3.8) is 0 Å². The number of carbonyl (C=O) groups is 1. The molecule has 0 unspecified atom stereocenters. The summed E-state index contributed by atoms with van der Waals surface area (Å²) in [5.74, 6) is 1.50. The van der Waals surface area contributed by atoms with Crippen molar-refractivity contribution in [3.8, 4) is 17.2 Å². The molecule has 3 aromatic rings. The van der Waals surface area contributed by atoms with E-state index in [9.17, 15) is 4.79 Å². The molecule has 0 aliphatic carbocycles. The molecule has 1 amide bonds. The molecular formula is C22H24N4O3. The number of hydrogen-bond acceptors (Lipinski definition) is 5. The fourth-order valence-electron chi connectivity index (χ4n) is 3.55. The van der Waals surface area contributed by atoms with Crippen molar-refractivity contribution in [2.45, 2.75) is 0 Å². The van der Waals surface area contributed by atoms with Gasteiger partial charge in [0.25, 0.3) is 5.91 Å². The van der Waals surface area contributed by atoms with E-state index in [1.165, 1.54) is 0 Å². The maximum atomic E-state index is 13.1. The zero-order chi connectivity index (χ0) is 20.2. The SMILES string of the molecule is COc1cc(OC)cc(N2CCN(C(=O)c3cncn3-c3ccccc3)CC2)c1. The molecule has 1 fully saturated rings. The summed E-state index contributed by atoms with van der Waals surface area (Å²) in [5, 5.41) is 0. The Hall–Kier alpha value is -3.48. The molecule has 0 atom stereocenters. The number of piperazine rings is 1. The third-order valence-electron chi connectivity index (χ3n) is 5.16. The number of para-hydroxylation sites is 1. The Bertz CT molecular complexity index is 956. The minimum Gasteiger partial charge on any atom is -0.497 e. The molecule has 1 saturated heterocycles. The average molecular weight is 392 g/mol. The van der Waals surface area contributed by atoms with Gasteiger partial charge in [0.15, 0.2) is 0 Å². The van der Waals surface area contributed by atoms with Crippen molar-refractivity contribution in [3.05, 3.63) is 66.7 Å². The lowest BCUT2D eigenvalue weighted by molar-refractivity contribution is 0.0738. The van der Waals surface area contributed by atoms with Crippen LogP contribution in [0, 0.1) is 0 Å². The number of hydrogen-bond donors (Lipinski definition) is 0. The van der Waals surface area contributed by atoms with Gasteiger partial charge in [-0.25, -0.2) is 4.98 Å². The molecule has 0 radical (unpaired) electrons. The molecule has 0 bridgehead atoms. The molecule has 2 heterocycles. The lowest BCUT2D eigenvalue weighted by Gasteiger charge is -2.36. The molecule has 0 N–H and O–H groups in total. The Kier molecular flexibility index (Phi) is 5.37. The van der Waals surface area contributed by atoms with Gasteiger partial charge in [0.1, 0.15) is 17.2 Å². The van der Waals surface area contributed by atoms with Crippen LogP contribution in [0.4, 0.5) is 5.69 Å². The predicted octanol–water partition coefficient (Wildman–Crippen LogP) is 2.85. The molecule has 1 aromatic heterocycles. The molecule has 0 saturated carbocycles. The van der Waals surface area contributed by atoms with Crippen LogP contribution in [-0.4, -0.2) is 60.8 Å². The van der Waals surface area contributed by atoms with E-state index in [1.807, 2.05) is 58.0 Å². The Labute approximate surface area is 170 Å². The minimum atomic E-state index is -0.00535. The fraction of sp³-hybridized carbons (Fsp3) is 0.273. The number of aromatic nitrogens is 2. The smallest absolute Gasteiger partial charge is 0.272 e. The number of benzene rings is 2. The van der Waals surface area contributed by atoms with Crippen LogP contribution < -0.4 is 14.4 Å². The average Bonchev–Trinajstić information content (AvgIpc) is 3.29. The van der Waals surface area contributed by atoms with E-state index >= 15 is 0 Å². The fourth-order valence-corrected chi connectivity index (χ4v) is 3.55. The predicted molar refractivity (Wildman–Crippen MR) is 111 cm³/mol. The molecule has 0 spiro atoms. The Morgan fingerprint density at radius 2 is 1.55 bits per heavy atom. The van der Waals surface area contributed by atoms with Gasteiger partial charge in [-0.2, -0.15) is 0 Å². The second-order valence-corrected chi connectivity index (χ2v) is 6.83. The summed E-state index contributed by atoms with van der Waals surface area (Å²) in [6.45, 7) is 2.75. The number of ether oxygens (including phenoxy) is 2. The van der Waals surface area contributed by atoms with Crippen molar-refractivity contribution in [2.75, 3.05) is 45.3 Å². The largest absolute Gasteiger partial charge is 0.497 e. The van der Waals surface area contributed by atoms with Crippen LogP contribution in [0.5, 0.6) is 11.5 Å². The number of nitrogens with zero attached hydrogens (tertiary/aromatic N) is 4. The van der Waals surface area contributed by atoms with Crippen molar-refractivity contribution < 1.29 is 14.3 Å². The Balaban J connectivity index is 1.47. The second-order valence-electron chi connectivity index (χ2n) is 6.83. The van der Waals surface area contributed by atoms with E-state index in [0.29, 0.717) is 18.8 Å². The quantitative estimate of drug-likeness (QED) is 0.668. The van der Waals surface area contributed by atoms with Crippen LogP contribution in [0.3, 0.4) is 0 Å². The highest BCUT2D eigenvalue weighted by atomic mass is 16.5. The summed E-state index contributed by atoms with van der Waals surface area (Å²) in [6, 6.07) is 15.6. The van der Waals surface area contributed by atoms with Crippen LogP contribution >= 0.6 is 0 Å². The first kappa shape index (κ1) is 18.9. The van der Waals surface area contributed by atoms with Crippen molar-refractivity contribution in [2.24, 2.45) is 0 Å². The van der Waals surface area contributed by atoms with Gasteiger partial charge in [0.05, 0.1) is 26.7 Å². The lowest BCUT2D eigenvalue weighted by atomic mass is 10.2. The summed E-state index contributed by atoms with van der Waals surface area (Å²) < 4.78 is 12.6. The van der Waals surface area contributed by atoms with E-state index in [1.54, 1.807) is 26.7 Å². The van der Waals surface area contributed by atoms with E-state index in [4.69, 9.17) is 9.47 Å². The van der Waals surface area contributed by atoms with Gasteiger partial charge in [-0.05, 0) is 12.1 Å². The second kappa shape index (κ2) is 8.26. The molecule has 4 rings (SSSR count). The zero-order valence-corrected chi connectivity index (χ0v) is 16.6. The van der Waals surface area contributed by atoms with Crippen molar-refractivity contribution in [1.82, 2.24) is 14.5 Å². The van der Waals surface area contributed by atoms with Crippen molar-refractivity contribution >= 4 is 11.6 Å². The van der Waals surface area contributed by atoms with Gasteiger partial charge in [-0.1, -0.05) is 18.2 Å². The summed E-state index contributed by atoms with van der Waals surface area (Å²) in [7, 11) is 3.29. The number of anilines is 1. The van der Waals surface area contributed by atoms with E-state index in [2.05, 4.69) is 9.88 Å². The molecule has 7 nitrogen and oxygen atoms in total. The maximum Gasteiger partial charge on any atom is 0.272 e. The molecule has 2 aromatic carbocycles. The number of carbonyl (C=O) groups excluding carboxylic acids is 1. The first-order chi connectivity index (χ1) is 14.2. The third-order valence-corrected chi connectivity index (χ3v) is 5.16. The topological polar surface area (TPSA) is 59.8 Å². The van der Waals surface area contributed by atoms with Gasteiger partial charge in [0, 0.05) is 55.8 Å². The Morgan fingerprint density at radius 3 is 2.17 bits per heavy atom. The number of methoxy groups -OCH3 is 2.